The standard InChI is InChI=1S/C61H66N8O12/c1-61(2,3)81-55(72)29-39(31-64-67-58(75)63-30-37-25-27-38(28-26-37)56(73)62-4)65-53(70)33-69-52-24-14-13-23-51(52)68(54(71)36-80-60(77)79-35-49-46-21-11-7-17-42(46)43-18-8-12-22-47(43)49)32-50(57(69)74)66-59(76)78-34-48-44-19-9-5-15-40(44)41-16-6-10-20-45(41)48/h5-24,31,37-39,48-50H,25-30,32-36H2,1-4H3,(H,62,73)(H,65,70)(H,66,76)(H2,63,67,75)/b64-31+/t37?,38?,39-,50-/m0/s1. The second-order valence-corrected chi connectivity index (χ2v) is 21.4. The van der Waals surface area contributed by atoms with Crippen molar-refractivity contribution < 1.29 is 57.3 Å². The molecule has 0 spiro atoms. The Kier molecular flexibility index (Phi) is 17.7. The number of urea groups is 1. The van der Waals surface area contributed by atoms with Gasteiger partial charge < -0.3 is 45.1 Å². The number of rotatable bonds is 17. The van der Waals surface area contributed by atoms with Crippen LogP contribution in [0.3, 0.4) is 0 Å². The van der Waals surface area contributed by atoms with Crippen molar-refractivity contribution in [2.24, 2.45) is 16.9 Å². The number of carbonyl (C=O) groups excluding carboxylic acids is 8. The van der Waals surface area contributed by atoms with Gasteiger partial charge in [-0.25, -0.2) is 19.8 Å². The number of benzene rings is 5. The van der Waals surface area contributed by atoms with Gasteiger partial charge in [-0.15, -0.1) is 0 Å². The van der Waals surface area contributed by atoms with Crippen LogP contribution in [-0.4, -0.2) is 118 Å². The quantitative estimate of drug-likeness (QED) is 0.0266. The van der Waals surface area contributed by atoms with E-state index in [-0.39, 0.29) is 54.2 Å². The topological polar surface area (TPSA) is 252 Å². The predicted octanol–water partition coefficient (Wildman–Crippen LogP) is 7.29. The molecule has 422 valence electrons. The van der Waals surface area contributed by atoms with Crippen LogP contribution in [0, 0.1) is 11.8 Å². The summed E-state index contributed by atoms with van der Waals surface area (Å²) >= 11 is 0. The number of fused-ring (bicyclic) bond motifs is 7. The Hall–Kier alpha value is -9.07. The molecule has 20 heteroatoms. The number of anilines is 2. The molecule has 4 aliphatic rings. The minimum atomic E-state index is -1.54. The minimum Gasteiger partial charge on any atom is -0.460 e. The highest BCUT2D eigenvalue weighted by Crippen LogP contribution is 2.46. The summed E-state index contributed by atoms with van der Waals surface area (Å²) in [6.45, 7) is 3.22. The van der Waals surface area contributed by atoms with Gasteiger partial charge in [0.25, 0.3) is 11.8 Å². The second kappa shape index (κ2) is 25.4. The summed E-state index contributed by atoms with van der Waals surface area (Å²) in [5, 5.41) is 14.9. The van der Waals surface area contributed by atoms with Crippen LogP contribution in [0.5, 0.6) is 0 Å². The van der Waals surface area contributed by atoms with Crippen LogP contribution >= 0.6 is 0 Å². The normalized spacial score (nSPS) is 17.7. The molecule has 3 aliphatic carbocycles. The number of hydrazone groups is 1. The Balaban J connectivity index is 0.905. The molecule has 0 bridgehead atoms. The van der Waals surface area contributed by atoms with Crippen LogP contribution in [0.15, 0.2) is 126 Å². The van der Waals surface area contributed by atoms with Gasteiger partial charge in [-0.05, 0) is 109 Å². The number of nitrogens with zero attached hydrogens (tertiary/aromatic N) is 3. The third kappa shape index (κ3) is 13.7. The summed E-state index contributed by atoms with van der Waals surface area (Å²) in [7, 11) is 1.61. The first-order chi connectivity index (χ1) is 39.0. The first kappa shape index (κ1) is 56.6. The lowest BCUT2D eigenvalue weighted by atomic mass is 9.81. The van der Waals surface area contributed by atoms with Gasteiger partial charge in [-0.3, -0.25) is 28.9 Å². The number of para-hydroxylation sites is 2. The summed E-state index contributed by atoms with van der Waals surface area (Å²) in [5.74, 6) is -3.58. The van der Waals surface area contributed by atoms with Crippen LogP contribution in [-0.2, 0) is 42.9 Å². The molecule has 5 N–H and O–H groups in total. The van der Waals surface area contributed by atoms with Gasteiger partial charge in [0.15, 0.2) is 6.61 Å². The first-order valence-electron chi connectivity index (χ1n) is 27.1. The molecule has 81 heavy (non-hydrogen) atoms. The maximum absolute atomic E-state index is 15.0. The molecule has 5 aromatic carbocycles. The van der Waals surface area contributed by atoms with Crippen molar-refractivity contribution in [2.75, 3.05) is 56.3 Å². The Bertz CT molecular complexity index is 3130. The highest BCUT2D eigenvalue weighted by atomic mass is 16.7. The van der Waals surface area contributed by atoms with E-state index >= 15 is 0 Å². The number of hydrogen-bond donors (Lipinski definition) is 5. The molecule has 2 atom stereocenters. The zero-order valence-electron chi connectivity index (χ0n) is 45.6. The van der Waals surface area contributed by atoms with E-state index in [4.69, 9.17) is 18.9 Å². The molecule has 5 aromatic rings. The zero-order chi connectivity index (χ0) is 57.2. The maximum atomic E-state index is 15.0. The molecule has 1 saturated carbocycles. The lowest BCUT2D eigenvalue weighted by Gasteiger charge is -2.27. The van der Waals surface area contributed by atoms with E-state index in [0.717, 1.165) is 68.5 Å². The second-order valence-electron chi connectivity index (χ2n) is 21.4. The molecular weight excluding hydrogens is 1040 g/mol. The molecule has 0 unspecified atom stereocenters. The Morgan fingerprint density at radius 2 is 1.22 bits per heavy atom. The van der Waals surface area contributed by atoms with Gasteiger partial charge in [0.1, 0.15) is 31.4 Å². The number of ether oxygens (including phenoxy) is 4. The Morgan fingerprint density at radius 3 is 1.78 bits per heavy atom. The minimum absolute atomic E-state index is 0.00682. The van der Waals surface area contributed by atoms with E-state index in [0.29, 0.717) is 19.4 Å². The van der Waals surface area contributed by atoms with Gasteiger partial charge >= 0.3 is 24.2 Å². The van der Waals surface area contributed by atoms with Crippen molar-refractivity contribution in [1.29, 1.82) is 0 Å². The van der Waals surface area contributed by atoms with Crippen molar-refractivity contribution in [3.63, 3.8) is 0 Å². The zero-order valence-corrected chi connectivity index (χ0v) is 45.6. The van der Waals surface area contributed by atoms with Gasteiger partial charge in [-0.1, -0.05) is 109 Å². The van der Waals surface area contributed by atoms with E-state index in [2.05, 4.69) is 31.8 Å². The fourth-order valence-corrected chi connectivity index (χ4v) is 11.1. The van der Waals surface area contributed by atoms with Crippen LogP contribution in [0.25, 0.3) is 22.3 Å². The Labute approximate surface area is 469 Å². The predicted molar refractivity (Wildman–Crippen MR) is 301 cm³/mol. The number of amides is 7. The largest absolute Gasteiger partial charge is 0.508 e. The number of alkyl carbamates (subject to hydrolysis) is 1. The van der Waals surface area contributed by atoms with E-state index in [1.54, 1.807) is 46.0 Å². The van der Waals surface area contributed by atoms with E-state index < -0.39 is 85.8 Å². The summed E-state index contributed by atoms with van der Waals surface area (Å²) in [6.07, 6.45) is 1.58. The highest BCUT2D eigenvalue weighted by Gasteiger charge is 2.40. The van der Waals surface area contributed by atoms with E-state index in [1.807, 2.05) is 97.1 Å². The molecule has 1 fully saturated rings. The molecule has 0 saturated heterocycles. The summed E-state index contributed by atoms with van der Waals surface area (Å²) in [4.78, 5) is 111. The molecular formula is C61H66N8O12. The van der Waals surface area contributed by atoms with Gasteiger partial charge in [-0.2, -0.15) is 5.10 Å². The van der Waals surface area contributed by atoms with Gasteiger partial charge in [0.05, 0.1) is 30.4 Å². The van der Waals surface area contributed by atoms with Crippen LogP contribution in [0.1, 0.15) is 87.0 Å². The van der Waals surface area contributed by atoms with Crippen molar-refractivity contribution >= 4 is 65.5 Å². The third-order valence-corrected chi connectivity index (χ3v) is 14.9. The van der Waals surface area contributed by atoms with Crippen molar-refractivity contribution in [2.45, 2.75) is 82.4 Å². The molecule has 0 radical (unpaired) electrons. The lowest BCUT2D eigenvalue weighted by Crippen LogP contribution is -2.55. The first-order valence-corrected chi connectivity index (χ1v) is 27.1. The number of hydrogen-bond acceptors (Lipinski definition) is 13. The molecule has 20 nitrogen and oxygen atoms in total. The smallest absolute Gasteiger partial charge is 0.460 e. The summed E-state index contributed by atoms with van der Waals surface area (Å²) < 4.78 is 22.4. The molecule has 1 aliphatic heterocycles. The van der Waals surface area contributed by atoms with E-state index in [1.165, 1.54) is 11.0 Å². The third-order valence-electron chi connectivity index (χ3n) is 14.9. The fourth-order valence-electron chi connectivity index (χ4n) is 11.1. The molecule has 7 amide bonds. The number of carbonyl (C=O) groups is 8. The SMILES string of the molecule is CNC(=O)C1CCC(CNC(=O)N/N=C/[C@H](CC(=O)OC(C)(C)C)NC(=O)CN2C(=O)[C@@H](NC(=O)OCC3c4ccccc4-c4ccccc43)CN(C(=O)COC(=O)OCC3c4ccccc4-c4ccccc43)c3ccccc32)CC1. The van der Waals surface area contributed by atoms with Crippen molar-refractivity contribution in [3.8, 4) is 22.3 Å². The summed E-state index contributed by atoms with van der Waals surface area (Å²) in [6, 6.07) is 34.2. The number of esters is 1. The highest BCUT2D eigenvalue weighted by molar-refractivity contribution is 6.10. The van der Waals surface area contributed by atoms with Crippen molar-refractivity contribution in [1.82, 2.24) is 26.7 Å². The average Bonchev–Trinajstić information content (AvgIpc) is 4.03. The maximum Gasteiger partial charge on any atom is 0.508 e. The molecule has 9 rings (SSSR count). The van der Waals surface area contributed by atoms with Crippen molar-refractivity contribution in [3.05, 3.63) is 144 Å². The molecule has 0 aromatic heterocycles. The van der Waals surface area contributed by atoms with Gasteiger partial charge in [0.2, 0.25) is 11.8 Å². The lowest BCUT2D eigenvalue weighted by molar-refractivity contribution is -0.155. The van der Waals surface area contributed by atoms with Crippen LogP contribution in [0.4, 0.5) is 25.8 Å². The molecule has 1 heterocycles. The number of nitrogens with one attached hydrogen (secondary N) is 5. The van der Waals surface area contributed by atoms with E-state index in [9.17, 15) is 38.4 Å². The van der Waals surface area contributed by atoms with Crippen LogP contribution in [0.2, 0.25) is 0 Å². The Morgan fingerprint density at radius 1 is 0.691 bits per heavy atom. The average molecular weight is 1100 g/mol. The monoisotopic (exact) mass is 1100 g/mol. The van der Waals surface area contributed by atoms with Crippen LogP contribution < -0.4 is 36.5 Å². The van der Waals surface area contributed by atoms with Gasteiger partial charge in [0, 0.05) is 37.6 Å². The summed E-state index contributed by atoms with van der Waals surface area (Å²) in [5.41, 5.74) is 9.67. The fraction of sp³-hybridized carbons (Fsp3) is 0.361.